The van der Waals surface area contributed by atoms with Crippen LogP contribution in [-0.4, -0.2) is 25.2 Å². The summed E-state index contributed by atoms with van der Waals surface area (Å²) in [6.07, 6.45) is 7.48. The molecule has 1 amide bonds. The summed E-state index contributed by atoms with van der Waals surface area (Å²) in [4.78, 5) is 29.1. The Bertz CT molecular complexity index is 1300. The summed E-state index contributed by atoms with van der Waals surface area (Å²) in [6.45, 7) is 0. The average molecular weight is 421 g/mol. The van der Waals surface area contributed by atoms with Gasteiger partial charge in [0.05, 0.1) is 6.20 Å². The van der Waals surface area contributed by atoms with Gasteiger partial charge < -0.3 is 9.73 Å². The Hall–Kier alpha value is -3.75. The van der Waals surface area contributed by atoms with E-state index in [9.17, 15) is 14.0 Å². The first kappa shape index (κ1) is 19.2. The fourth-order valence-electron chi connectivity index (χ4n) is 4.21. The lowest BCUT2D eigenvalue weighted by Gasteiger charge is -2.27. The van der Waals surface area contributed by atoms with Crippen LogP contribution in [0.1, 0.15) is 31.7 Å². The molecular formula is C22H20FN5O3. The third-order valence-electron chi connectivity index (χ3n) is 5.79. The molecule has 8 nitrogen and oxygen atoms in total. The highest BCUT2D eigenvalue weighted by atomic mass is 19.1. The van der Waals surface area contributed by atoms with Crippen molar-refractivity contribution in [1.29, 1.82) is 0 Å². The SMILES string of the molecule is O=C(Nc1ccn(-c2ccccc2F)n1)C1CCC(n2c(=O)oc3ccncc32)CC1. The van der Waals surface area contributed by atoms with Crippen LogP contribution in [0.5, 0.6) is 0 Å². The van der Waals surface area contributed by atoms with Gasteiger partial charge in [-0.15, -0.1) is 5.10 Å². The number of benzene rings is 1. The maximum atomic E-state index is 13.9. The molecule has 5 rings (SSSR count). The van der Waals surface area contributed by atoms with Gasteiger partial charge in [0.25, 0.3) is 0 Å². The van der Waals surface area contributed by atoms with Gasteiger partial charge in [0, 0.05) is 36.5 Å². The van der Waals surface area contributed by atoms with Crippen molar-refractivity contribution in [3.8, 4) is 5.69 Å². The number of amides is 1. The van der Waals surface area contributed by atoms with Crippen molar-refractivity contribution in [2.45, 2.75) is 31.7 Å². The van der Waals surface area contributed by atoms with Crippen LogP contribution >= 0.6 is 0 Å². The van der Waals surface area contributed by atoms with Crippen molar-refractivity contribution >= 4 is 22.8 Å². The summed E-state index contributed by atoms with van der Waals surface area (Å²) in [5, 5.41) is 7.08. The van der Waals surface area contributed by atoms with Crippen LogP contribution in [0, 0.1) is 11.7 Å². The van der Waals surface area contributed by atoms with Gasteiger partial charge in [0.1, 0.15) is 17.0 Å². The Kier molecular flexibility index (Phi) is 4.85. The number of oxazole rings is 1. The number of rotatable bonds is 4. The number of carbonyl (C=O) groups excluding carboxylic acids is 1. The van der Waals surface area contributed by atoms with Gasteiger partial charge >= 0.3 is 5.76 Å². The van der Waals surface area contributed by atoms with E-state index in [1.54, 1.807) is 53.5 Å². The van der Waals surface area contributed by atoms with Crippen LogP contribution in [0.25, 0.3) is 16.8 Å². The quantitative estimate of drug-likeness (QED) is 0.542. The Balaban J connectivity index is 1.24. The van der Waals surface area contributed by atoms with Gasteiger partial charge in [-0.3, -0.25) is 14.3 Å². The molecular weight excluding hydrogens is 401 g/mol. The van der Waals surface area contributed by atoms with E-state index in [1.165, 1.54) is 10.7 Å². The number of hydrogen-bond acceptors (Lipinski definition) is 5. The lowest BCUT2D eigenvalue weighted by molar-refractivity contribution is -0.121. The molecule has 0 spiro atoms. The number of fused-ring (bicyclic) bond motifs is 1. The first-order valence-electron chi connectivity index (χ1n) is 10.2. The van der Waals surface area contributed by atoms with Gasteiger partial charge in [-0.1, -0.05) is 12.1 Å². The van der Waals surface area contributed by atoms with Crippen LogP contribution in [0.2, 0.25) is 0 Å². The molecule has 0 atom stereocenters. The molecule has 0 bridgehead atoms. The van der Waals surface area contributed by atoms with Crippen molar-refractivity contribution in [3.05, 3.63) is 71.4 Å². The molecule has 158 valence electrons. The minimum absolute atomic E-state index is 0.0257. The molecule has 0 saturated heterocycles. The van der Waals surface area contributed by atoms with E-state index in [0.29, 0.717) is 48.3 Å². The van der Waals surface area contributed by atoms with E-state index in [1.807, 2.05) is 0 Å². The molecule has 0 radical (unpaired) electrons. The number of hydrogen-bond donors (Lipinski definition) is 1. The number of pyridine rings is 1. The van der Waals surface area contributed by atoms with Crippen molar-refractivity contribution in [3.63, 3.8) is 0 Å². The highest BCUT2D eigenvalue weighted by Crippen LogP contribution is 2.33. The second-order valence-electron chi connectivity index (χ2n) is 7.67. The molecule has 31 heavy (non-hydrogen) atoms. The van der Waals surface area contributed by atoms with E-state index >= 15 is 0 Å². The predicted molar refractivity (Wildman–Crippen MR) is 111 cm³/mol. The van der Waals surface area contributed by atoms with Crippen molar-refractivity contribution in [2.24, 2.45) is 5.92 Å². The summed E-state index contributed by atoms with van der Waals surface area (Å²) in [6, 6.07) is 9.60. The summed E-state index contributed by atoms with van der Waals surface area (Å²) >= 11 is 0. The number of para-hydroxylation sites is 1. The molecule has 4 aromatic rings. The zero-order valence-electron chi connectivity index (χ0n) is 16.6. The number of halogens is 1. The molecule has 1 aliphatic rings. The zero-order valence-corrected chi connectivity index (χ0v) is 16.6. The van der Waals surface area contributed by atoms with Crippen LogP contribution in [-0.2, 0) is 4.79 Å². The molecule has 1 saturated carbocycles. The van der Waals surface area contributed by atoms with Gasteiger partial charge in [-0.2, -0.15) is 0 Å². The molecule has 3 aromatic heterocycles. The largest absolute Gasteiger partial charge is 0.420 e. The number of aromatic nitrogens is 4. The minimum atomic E-state index is -0.394. The Morgan fingerprint density at radius 2 is 1.94 bits per heavy atom. The van der Waals surface area contributed by atoms with Crippen LogP contribution in [0.3, 0.4) is 0 Å². The number of nitrogens with one attached hydrogen (secondary N) is 1. The fourth-order valence-corrected chi connectivity index (χ4v) is 4.21. The van der Waals surface area contributed by atoms with Crippen molar-refractivity contribution in [2.75, 3.05) is 5.32 Å². The lowest BCUT2D eigenvalue weighted by atomic mass is 9.85. The summed E-state index contributed by atoms with van der Waals surface area (Å²) in [5.74, 6) is -0.711. The van der Waals surface area contributed by atoms with E-state index in [2.05, 4.69) is 15.4 Å². The van der Waals surface area contributed by atoms with E-state index < -0.39 is 5.76 Å². The molecule has 1 N–H and O–H groups in total. The monoisotopic (exact) mass is 421 g/mol. The summed E-state index contributed by atoms with van der Waals surface area (Å²) < 4.78 is 22.3. The third kappa shape index (κ3) is 3.63. The maximum absolute atomic E-state index is 13.9. The normalized spacial score (nSPS) is 18.9. The van der Waals surface area contributed by atoms with Gasteiger partial charge in [0.2, 0.25) is 5.91 Å². The Labute approximate surface area is 176 Å². The van der Waals surface area contributed by atoms with Gasteiger partial charge in [-0.25, -0.2) is 13.9 Å². The summed E-state index contributed by atoms with van der Waals surface area (Å²) in [7, 11) is 0. The van der Waals surface area contributed by atoms with Crippen molar-refractivity contribution in [1.82, 2.24) is 19.3 Å². The third-order valence-corrected chi connectivity index (χ3v) is 5.79. The standard InChI is InChI=1S/C22H20FN5O3/c23-16-3-1-2-4-17(16)27-12-10-20(26-27)25-21(29)14-5-7-15(8-6-14)28-18-13-24-11-9-19(18)31-22(28)30/h1-4,9-15H,5-8H2,(H,25,26,29). The highest BCUT2D eigenvalue weighted by molar-refractivity contribution is 5.91. The number of anilines is 1. The first-order chi connectivity index (χ1) is 15.1. The molecule has 1 aliphatic carbocycles. The smallest absolute Gasteiger partial charge is 0.408 e. The van der Waals surface area contributed by atoms with E-state index in [4.69, 9.17) is 4.42 Å². The fraction of sp³-hybridized carbons (Fsp3) is 0.273. The van der Waals surface area contributed by atoms with Crippen LogP contribution in [0.4, 0.5) is 10.2 Å². The topological polar surface area (TPSA) is 95.0 Å². The minimum Gasteiger partial charge on any atom is -0.408 e. The number of nitrogens with zero attached hydrogens (tertiary/aromatic N) is 4. The van der Waals surface area contributed by atoms with E-state index in [0.717, 1.165) is 0 Å². The molecule has 0 unspecified atom stereocenters. The molecule has 0 aliphatic heterocycles. The predicted octanol–water partition coefficient (Wildman–Crippen LogP) is 3.68. The first-order valence-corrected chi connectivity index (χ1v) is 10.2. The van der Waals surface area contributed by atoms with Crippen molar-refractivity contribution < 1.29 is 13.6 Å². The lowest BCUT2D eigenvalue weighted by Crippen LogP contribution is -2.30. The molecule has 9 heteroatoms. The number of carbonyl (C=O) groups is 1. The Morgan fingerprint density at radius 3 is 2.74 bits per heavy atom. The zero-order chi connectivity index (χ0) is 21.4. The maximum Gasteiger partial charge on any atom is 0.420 e. The van der Waals surface area contributed by atoms with Crippen LogP contribution < -0.4 is 11.1 Å². The average Bonchev–Trinajstić information content (AvgIpc) is 3.37. The second-order valence-corrected chi connectivity index (χ2v) is 7.67. The molecule has 1 fully saturated rings. The van der Waals surface area contributed by atoms with E-state index in [-0.39, 0.29) is 23.7 Å². The Morgan fingerprint density at radius 1 is 1.13 bits per heavy atom. The highest BCUT2D eigenvalue weighted by Gasteiger charge is 2.29. The molecule has 1 aromatic carbocycles. The molecule has 3 heterocycles. The van der Waals surface area contributed by atoms with Gasteiger partial charge in [-0.05, 0) is 37.8 Å². The van der Waals surface area contributed by atoms with Crippen LogP contribution in [0.15, 0.2) is 64.2 Å². The second kappa shape index (κ2) is 7.82. The van der Waals surface area contributed by atoms with Gasteiger partial charge in [0.15, 0.2) is 11.4 Å². The summed E-state index contributed by atoms with van der Waals surface area (Å²) in [5.41, 5.74) is 1.51.